The molecule has 1 aliphatic carbocycles. The monoisotopic (exact) mass is 511 g/mol. The molecule has 4 aliphatic rings. The van der Waals surface area contributed by atoms with Gasteiger partial charge >= 0.3 is 0 Å². The minimum Gasteiger partial charge on any atom is -0.369 e. The molecular weight excluding hydrogens is 470 g/mol. The summed E-state index contributed by atoms with van der Waals surface area (Å²) in [5, 5.41) is 3.23. The summed E-state index contributed by atoms with van der Waals surface area (Å²) in [6.07, 6.45) is 4.79. The van der Waals surface area contributed by atoms with Gasteiger partial charge in [0, 0.05) is 44.0 Å². The number of rotatable bonds is 8. The molecule has 1 saturated carbocycles. The fourth-order valence-electron chi connectivity index (χ4n) is 6.97. The van der Waals surface area contributed by atoms with Crippen molar-refractivity contribution in [2.75, 3.05) is 57.8 Å². The molecular formula is C28H41N5O4. The molecule has 5 rings (SSSR count). The molecule has 1 aromatic carbocycles. The van der Waals surface area contributed by atoms with Crippen molar-refractivity contribution in [3.05, 3.63) is 29.3 Å². The SMILES string of the molecule is CCCN1CCN(c2ccc(C(N)=O)c([C@@H](C(=O)N3C[C@H](NC)[C@H]4OCC(=O)[C@H]43)C3CCCC3)c2)CC1. The third kappa shape index (κ3) is 5.01. The Kier molecular flexibility index (Phi) is 7.83. The number of nitrogens with two attached hydrogens (primary N) is 1. The molecule has 3 heterocycles. The van der Waals surface area contributed by atoms with Crippen molar-refractivity contribution >= 4 is 23.3 Å². The number of likely N-dealkylation sites (N-methyl/N-ethyl adjacent to an activating group) is 1. The van der Waals surface area contributed by atoms with Gasteiger partial charge in [-0.05, 0) is 62.5 Å². The zero-order chi connectivity index (χ0) is 26.1. The Morgan fingerprint density at radius 3 is 2.54 bits per heavy atom. The Morgan fingerprint density at radius 1 is 1.16 bits per heavy atom. The van der Waals surface area contributed by atoms with Crippen LogP contribution in [0.2, 0.25) is 0 Å². The van der Waals surface area contributed by atoms with E-state index in [4.69, 9.17) is 10.5 Å². The maximum atomic E-state index is 14.4. The number of hydrogen-bond donors (Lipinski definition) is 2. The van der Waals surface area contributed by atoms with Gasteiger partial charge in [0.1, 0.15) is 18.8 Å². The van der Waals surface area contributed by atoms with Gasteiger partial charge in [-0.3, -0.25) is 19.3 Å². The highest BCUT2D eigenvalue weighted by Crippen LogP contribution is 2.42. The third-order valence-electron chi connectivity index (χ3n) is 8.89. The van der Waals surface area contributed by atoms with E-state index in [-0.39, 0.29) is 36.4 Å². The minimum atomic E-state index is -0.569. The molecule has 0 unspecified atom stereocenters. The van der Waals surface area contributed by atoms with Crippen LogP contribution in [0, 0.1) is 5.92 Å². The molecule has 3 N–H and O–H groups in total. The normalized spacial score (nSPS) is 27.6. The smallest absolute Gasteiger partial charge is 0.249 e. The molecule has 0 bridgehead atoms. The fourth-order valence-corrected chi connectivity index (χ4v) is 6.97. The van der Waals surface area contributed by atoms with Gasteiger partial charge in [-0.15, -0.1) is 0 Å². The van der Waals surface area contributed by atoms with Gasteiger partial charge < -0.3 is 25.6 Å². The average molecular weight is 512 g/mol. The van der Waals surface area contributed by atoms with Crippen molar-refractivity contribution in [3.8, 4) is 0 Å². The first-order chi connectivity index (χ1) is 17.9. The van der Waals surface area contributed by atoms with Crippen LogP contribution in [0.15, 0.2) is 18.2 Å². The summed E-state index contributed by atoms with van der Waals surface area (Å²) in [6.45, 7) is 7.57. The number of nitrogens with zero attached hydrogens (tertiary/aromatic N) is 3. The molecule has 0 radical (unpaired) electrons. The first-order valence-corrected chi connectivity index (χ1v) is 14.0. The van der Waals surface area contributed by atoms with E-state index in [0.29, 0.717) is 17.7 Å². The van der Waals surface area contributed by atoms with Crippen molar-refractivity contribution < 1.29 is 19.1 Å². The Bertz CT molecular complexity index is 1020. The highest BCUT2D eigenvalue weighted by atomic mass is 16.5. The summed E-state index contributed by atoms with van der Waals surface area (Å²) >= 11 is 0. The van der Waals surface area contributed by atoms with Gasteiger partial charge in [-0.2, -0.15) is 0 Å². The second-order valence-electron chi connectivity index (χ2n) is 11.1. The van der Waals surface area contributed by atoms with Gasteiger partial charge in [0.05, 0.1) is 12.0 Å². The maximum Gasteiger partial charge on any atom is 0.249 e. The molecule has 3 saturated heterocycles. The van der Waals surface area contributed by atoms with Crippen LogP contribution >= 0.6 is 0 Å². The summed E-state index contributed by atoms with van der Waals surface area (Å²) in [4.78, 5) is 46.3. The number of Topliss-reactive ketones (excluding diaryl/α,β-unsaturated/α-hetero) is 1. The minimum absolute atomic E-state index is 0.0391. The van der Waals surface area contributed by atoms with Crippen molar-refractivity contribution in [1.29, 1.82) is 0 Å². The molecule has 2 amide bonds. The number of amides is 2. The molecule has 0 spiro atoms. The van der Waals surface area contributed by atoms with Gasteiger partial charge in [0.25, 0.3) is 0 Å². The van der Waals surface area contributed by atoms with E-state index in [9.17, 15) is 14.4 Å². The van der Waals surface area contributed by atoms with Crippen molar-refractivity contribution in [2.45, 2.75) is 63.1 Å². The number of carbonyl (C=O) groups excluding carboxylic acids is 3. The standard InChI is InChI=1S/C28H41N5O4/c1-3-10-31-11-13-32(14-12-31)19-8-9-20(27(29)35)21(15-19)24(18-6-4-5-7-18)28(36)33-16-22(30-2)26-25(33)23(34)17-37-26/h8-9,15,18,22,24-26,30H,3-7,10-14,16-17H2,1-2H3,(H2,29,35)/t22-,24-,25+,26+/m0/s1. The predicted octanol–water partition coefficient (Wildman–Crippen LogP) is 1.36. The highest BCUT2D eigenvalue weighted by molar-refractivity contribution is 5.99. The predicted molar refractivity (Wildman–Crippen MR) is 142 cm³/mol. The number of nitrogens with one attached hydrogen (secondary N) is 1. The molecule has 0 aromatic heterocycles. The second kappa shape index (κ2) is 11.1. The van der Waals surface area contributed by atoms with Crippen molar-refractivity contribution in [1.82, 2.24) is 15.1 Å². The molecule has 9 nitrogen and oxygen atoms in total. The summed E-state index contributed by atoms with van der Waals surface area (Å²) in [7, 11) is 1.84. The van der Waals surface area contributed by atoms with Crippen molar-refractivity contribution in [2.24, 2.45) is 11.7 Å². The number of benzene rings is 1. The van der Waals surface area contributed by atoms with E-state index >= 15 is 0 Å². The van der Waals surface area contributed by atoms with Gasteiger partial charge in [0.15, 0.2) is 5.78 Å². The van der Waals surface area contributed by atoms with Crippen LogP contribution in [0.4, 0.5) is 5.69 Å². The van der Waals surface area contributed by atoms with Gasteiger partial charge in [0.2, 0.25) is 11.8 Å². The lowest BCUT2D eigenvalue weighted by Crippen LogP contribution is -2.47. The third-order valence-corrected chi connectivity index (χ3v) is 8.89. The highest BCUT2D eigenvalue weighted by Gasteiger charge is 2.53. The molecule has 1 aromatic rings. The zero-order valence-corrected chi connectivity index (χ0v) is 22.2. The van der Waals surface area contributed by atoms with E-state index in [1.807, 2.05) is 19.2 Å². The number of primary amides is 1. The van der Waals surface area contributed by atoms with Crippen LogP contribution in [0.3, 0.4) is 0 Å². The van der Waals surface area contributed by atoms with E-state index in [1.165, 1.54) is 0 Å². The number of piperazine rings is 1. The molecule has 202 valence electrons. The van der Waals surface area contributed by atoms with Crippen LogP contribution < -0.4 is 16.0 Å². The number of hydrogen-bond acceptors (Lipinski definition) is 7. The summed E-state index contributed by atoms with van der Waals surface area (Å²) in [5.41, 5.74) is 8.02. The lowest BCUT2D eigenvalue weighted by Gasteiger charge is -2.37. The Labute approximate surface area is 219 Å². The van der Waals surface area contributed by atoms with E-state index in [1.54, 1.807) is 11.0 Å². The van der Waals surface area contributed by atoms with E-state index in [0.717, 1.165) is 70.5 Å². The maximum absolute atomic E-state index is 14.4. The number of ether oxygens (including phenoxy) is 1. The average Bonchev–Trinajstić information content (AvgIpc) is 3.64. The zero-order valence-electron chi connectivity index (χ0n) is 22.2. The molecule has 4 fully saturated rings. The molecule has 37 heavy (non-hydrogen) atoms. The number of fused-ring (bicyclic) bond motifs is 1. The summed E-state index contributed by atoms with van der Waals surface area (Å²) in [5.74, 6) is -1.03. The van der Waals surface area contributed by atoms with Crippen LogP contribution in [-0.2, 0) is 14.3 Å². The lowest BCUT2D eigenvalue weighted by molar-refractivity contribution is -0.138. The second-order valence-corrected chi connectivity index (χ2v) is 11.1. The number of ketones is 1. The van der Waals surface area contributed by atoms with Crippen LogP contribution in [0.25, 0.3) is 0 Å². The lowest BCUT2D eigenvalue weighted by atomic mass is 9.80. The van der Waals surface area contributed by atoms with Gasteiger partial charge in [-0.25, -0.2) is 0 Å². The van der Waals surface area contributed by atoms with Crippen LogP contribution in [0.1, 0.15) is 60.9 Å². The Hall–Kier alpha value is -2.49. The van der Waals surface area contributed by atoms with Crippen molar-refractivity contribution in [3.63, 3.8) is 0 Å². The number of likely N-dealkylation sites (tertiary alicyclic amines) is 1. The van der Waals surface area contributed by atoms with Crippen LogP contribution in [0.5, 0.6) is 0 Å². The first-order valence-electron chi connectivity index (χ1n) is 14.0. The summed E-state index contributed by atoms with van der Waals surface area (Å²) < 4.78 is 5.78. The van der Waals surface area contributed by atoms with E-state index in [2.05, 4.69) is 22.0 Å². The van der Waals surface area contributed by atoms with E-state index < -0.39 is 17.9 Å². The molecule has 3 aliphatic heterocycles. The first kappa shape index (κ1) is 26.1. The molecule has 9 heteroatoms. The number of anilines is 1. The quantitative estimate of drug-likeness (QED) is 0.543. The Balaban J connectivity index is 1.49. The van der Waals surface area contributed by atoms with Crippen LogP contribution in [-0.4, -0.2) is 98.5 Å². The number of carbonyl (C=O) groups is 3. The Morgan fingerprint density at radius 2 is 1.89 bits per heavy atom. The molecule has 4 atom stereocenters. The van der Waals surface area contributed by atoms with Gasteiger partial charge in [-0.1, -0.05) is 19.8 Å². The largest absolute Gasteiger partial charge is 0.369 e. The summed E-state index contributed by atoms with van der Waals surface area (Å²) in [6, 6.07) is 5.14. The topological polar surface area (TPSA) is 108 Å². The fraction of sp³-hybridized carbons (Fsp3) is 0.679.